The fourth-order valence-electron chi connectivity index (χ4n) is 1.41. The number of halogens is 2. The largest absolute Gasteiger partial charge is 0.354 e. The van der Waals surface area contributed by atoms with E-state index in [1.54, 1.807) is 13.0 Å². The molecule has 0 aromatic heterocycles. The van der Waals surface area contributed by atoms with Gasteiger partial charge in [0.05, 0.1) is 10.6 Å². The molecular formula is C13H16Cl2N2O2. The summed E-state index contributed by atoms with van der Waals surface area (Å²) < 4.78 is 0. The Morgan fingerprint density at radius 3 is 2.58 bits per heavy atom. The Labute approximate surface area is 122 Å². The van der Waals surface area contributed by atoms with Crippen molar-refractivity contribution >= 4 is 35.0 Å². The molecule has 1 rings (SSSR count). The maximum Gasteiger partial charge on any atom is 0.253 e. The van der Waals surface area contributed by atoms with E-state index in [2.05, 4.69) is 10.6 Å². The van der Waals surface area contributed by atoms with Crippen molar-refractivity contribution in [2.24, 2.45) is 0 Å². The molecule has 0 fully saturated rings. The number of nitrogens with one attached hydrogen (secondary N) is 2. The highest BCUT2D eigenvalue weighted by Crippen LogP contribution is 2.20. The minimum Gasteiger partial charge on any atom is -0.354 e. The van der Waals surface area contributed by atoms with Crippen molar-refractivity contribution in [3.05, 3.63) is 33.8 Å². The summed E-state index contributed by atoms with van der Waals surface area (Å²) in [6.45, 7) is 4.16. The number of hydrogen-bond acceptors (Lipinski definition) is 2. The lowest BCUT2D eigenvalue weighted by Gasteiger charge is -2.14. The minimum atomic E-state index is -0.620. The molecule has 19 heavy (non-hydrogen) atoms. The predicted octanol–water partition coefficient (Wildman–Crippen LogP) is 2.64. The van der Waals surface area contributed by atoms with E-state index in [0.717, 1.165) is 6.42 Å². The topological polar surface area (TPSA) is 58.2 Å². The lowest BCUT2D eigenvalue weighted by atomic mass is 10.2. The first kappa shape index (κ1) is 15.8. The molecule has 1 aromatic carbocycles. The average molecular weight is 303 g/mol. The van der Waals surface area contributed by atoms with Crippen molar-refractivity contribution < 1.29 is 9.59 Å². The Hall–Kier alpha value is -1.26. The van der Waals surface area contributed by atoms with Crippen molar-refractivity contribution in [3.63, 3.8) is 0 Å². The molecule has 0 aliphatic heterocycles. The third-order valence-electron chi connectivity index (χ3n) is 2.47. The molecular weight excluding hydrogens is 287 g/mol. The molecule has 0 aliphatic rings. The van der Waals surface area contributed by atoms with Crippen molar-refractivity contribution in [2.75, 3.05) is 6.54 Å². The van der Waals surface area contributed by atoms with Crippen LogP contribution in [0.15, 0.2) is 18.2 Å². The van der Waals surface area contributed by atoms with E-state index < -0.39 is 11.9 Å². The van der Waals surface area contributed by atoms with Crippen LogP contribution >= 0.6 is 23.2 Å². The Morgan fingerprint density at radius 2 is 2.00 bits per heavy atom. The number of benzene rings is 1. The van der Waals surface area contributed by atoms with Gasteiger partial charge in [0.1, 0.15) is 6.04 Å². The number of hydrogen-bond donors (Lipinski definition) is 2. The Kier molecular flexibility index (Phi) is 6.12. The first-order valence-electron chi connectivity index (χ1n) is 5.99. The fraction of sp³-hybridized carbons (Fsp3) is 0.385. The molecule has 0 bridgehead atoms. The highest BCUT2D eigenvalue weighted by atomic mass is 35.5. The van der Waals surface area contributed by atoms with Gasteiger partial charge in [-0.3, -0.25) is 9.59 Å². The van der Waals surface area contributed by atoms with Gasteiger partial charge in [-0.2, -0.15) is 0 Å². The zero-order valence-electron chi connectivity index (χ0n) is 10.8. The van der Waals surface area contributed by atoms with E-state index in [1.165, 1.54) is 12.1 Å². The number of carbonyl (C=O) groups is 2. The van der Waals surface area contributed by atoms with Crippen LogP contribution in [0.4, 0.5) is 0 Å². The van der Waals surface area contributed by atoms with E-state index in [-0.39, 0.29) is 10.9 Å². The van der Waals surface area contributed by atoms with Crippen molar-refractivity contribution in [2.45, 2.75) is 26.3 Å². The zero-order valence-corrected chi connectivity index (χ0v) is 12.3. The summed E-state index contributed by atoms with van der Waals surface area (Å²) in [5, 5.41) is 6.00. The van der Waals surface area contributed by atoms with Crippen LogP contribution in [-0.4, -0.2) is 24.4 Å². The molecule has 0 heterocycles. The molecule has 4 nitrogen and oxygen atoms in total. The van der Waals surface area contributed by atoms with Gasteiger partial charge in [-0.25, -0.2) is 0 Å². The van der Waals surface area contributed by atoms with Crippen LogP contribution in [0, 0.1) is 0 Å². The van der Waals surface area contributed by atoms with E-state index in [9.17, 15) is 9.59 Å². The van der Waals surface area contributed by atoms with Crippen molar-refractivity contribution in [3.8, 4) is 0 Å². The van der Waals surface area contributed by atoms with Crippen LogP contribution in [0.3, 0.4) is 0 Å². The molecule has 0 saturated carbocycles. The summed E-state index contributed by atoms with van der Waals surface area (Å²) in [4.78, 5) is 23.6. The second-order valence-corrected chi connectivity index (χ2v) is 4.95. The molecule has 6 heteroatoms. The monoisotopic (exact) mass is 302 g/mol. The van der Waals surface area contributed by atoms with Gasteiger partial charge in [0.2, 0.25) is 5.91 Å². The van der Waals surface area contributed by atoms with Gasteiger partial charge in [-0.05, 0) is 31.5 Å². The van der Waals surface area contributed by atoms with Crippen molar-refractivity contribution in [1.29, 1.82) is 0 Å². The SMILES string of the molecule is CCCNC(=O)C(C)NC(=O)c1ccc(Cl)cc1Cl. The summed E-state index contributed by atoms with van der Waals surface area (Å²) in [5.41, 5.74) is 0.293. The molecule has 1 aromatic rings. The third kappa shape index (κ3) is 4.73. The zero-order chi connectivity index (χ0) is 14.4. The van der Waals surface area contributed by atoms with E-state index in [0.29, 0.717) is 17.1 Å². The highest BCUT2D eigenvalue weighted by molar-refractivity contribution is 6.36. The fourth-order valence-corrected chi connectivity index (χ4v) is 1.91. The summed E-state index contributed by atoms with van der Waals surface area (Å²) in [6.07, 6.45) is 0.843. The molecule has 2 amide bonds. The van der Waals surface area contributed by atoms with Gasteiger partial charge < -0.3 is 10.6 Å². The number of rotatable bonds is 5. The summed E-state index contributed by atoms with van der Waals surface area (Å²) in [7, 11) is 0. The van der Waals surface area contributed by atoms with Crippen LogP contribution in [0.25, 0.3) is 0 Å². The molecule has 0 spiro atoms. The minimum absolute atomic E-state index is 0.222. The Morgan fingerprint density at radius 1 is 1.32 bits per heavy atom. The quantitative estimate of drug-likeness (QED) is 0.878. The van der Waals surface area contributed by atoms with Gasteiger partial charge in [-0.15, -0.1) is 0 Å². The molecule has 1 unspecified atom stereocenters. The molecule has 1 atom stereocenters. The second-order valence-electron chi connectivity index (χ2n) is 4.11. The normalized spacial score (nSPS) is 11.8. The first-order valence-corrected chi connectivity index (χ1v) is 6.75. The van der Waals surface area contributed by atoms with E-state index in [4.69, 9.17) is 23.2 Å². The van der Waals surface area contributed by atoms with Gasteiger partial charge in [-0.1, -0.05) is 30.1 Å². The highest BCUT2D eigenvalue weighted by Gasteiger charge is 2.17. The lowest BCUT2D eigenvalue weighted by molar-refractivity contribution is -0.122. The van der Waals surface area contributed by atoms with Gasteiger partial charge in [0, 0.05) is 11.6 Å². The standard InChI is InChI=1S/C13H16Cl2N2O2/c1-3-6-16-12(18)8(2)17-13(19)10-5-4-9(14)7-11(10)15/h4-5,7-8H,3,6H2,1-2H3,(H,16,18)(H,17,19). The summed E-state index contributed by atoms with van der Waals surface area (Å²) in [5.74, 6) is -0.624. The van der Waals surface area contributed by atoms with Crippen LogP contribution < -0.4 is 10.6 Å². The molecule has 0 radical (unpaired) electrons. The summed E-state index contributed by atoms with van der Waals surface area (Å²) in [6, 6.07) is 3.96. The first-order chi connectivity index (χ1) is 8.95. The van der Waals surface area contributed by atoms with Gasteiger partial charge >= 0.3 is 0 Å². The maximum absolute atomic E-state index is 11.9. The molecule has 0 aliphatic carbocycles. The van der Waals surface area contributed by atoms with Crippen LogP contribution in [-0.2, 0) is 4.79 Å². The lowest BCUT2D eigenvalue weighted by Crippen LogP contribution is -2.45. The van der Waals surface area contributed by atoms with Crippen LogP contribution in [0.2, 0.25) is 10.0 Å². The molecule has 0 saturated heterocycles. The maximum atomic E-state index is 11.9. The second kappa shape index (κ2) is 7.36. The van der Waals surface area contributed by atoms with E-state index >= 15 is 0 Å². The Balaban J connectivity index is 2.66. The number of amides is 2. The molecule has 104 valence electrons. The van der Waals surface area contributed by atoms with Crippen LogP contribution in [0.1, 0.15) is 30.6 Å². The van der Waals surface area contributed by atoms with Crippen LogP contribution in [0.5, 0.6) is 0 Å². The summed E-state index contributed by atoms with van der Waals surface area (Å²) >= 11 is 11.7. The molecule has 2 N–H and O–H groups in total. The average Bonchev–Trinajstić information content (AvgIpc) is 2.35. The third-order valence-corrected chi connectivity index (χ3v) is 3.01. The number of carbonyl (C=O) groups excluding carboxylic acids is 2. The smallest absolute Gasteiger partial charge is 0.253 e. The van der Waals surface area contributed by atoms with E-state index in [1.807, 2.05) is 6.92 Å². The Bertz CT molecular complexity index is 478. The van der Waals surface area contributed by atoms with Gasteiger partial charge in [0.15, 0.2) is 0 Å². The van der Waals surface area contributed by atoms with Gasteiger partial charge in [0.25, 0.3) is 5.91 Å². The predicted molar refractivity (Wildman–Crippen MR) is 76.7 cm³/mol. The van der Waals surface area contributed by atoms with Crippen molar-refractivity contribution in [1.82, 2.24) is 10.6 Å².